The van der Waals surface area contributed by atoms with E-state index in [-0.39, 0.29) is 5.56 Å². The van der Waals surface area contributed by atoms with Crippen LogP contribution in [0.2, 0.25) is 5.02 Å². The lowest BCUT2D eigenvalue weighted by atomic mass is 10.0. The molecule has 0 aliphatic carbocycles. The molecule has 21 heavy (non-hydrogen) atoms. The topological polar surface area (TPSA) is 53.0 Å². The summed E-state index contributed by atoms with van der Waals surface area (Å²) >= 11 is 5.87. The fourth-order valence-corrected chi connectivity index (χ4v) is 2.40. The summed E-state index contributed by atoms with van der Waals surface area (Å²) < 4.78 is 0. The standard InChI is InChI=1S/C17H12ClNO2/c1-10-2-7-15-13(8-10)14(17(20)21)9-16(19-15)11-3-5-12(18)6-4-11/h2-9H,1H3,(H,20,21)/p-1. The van der Waals surface area contributed by atoms with Crippen molar-refractivity contribution in [2.75, 3.05) is 0 Å². The molecule has 2 aromatic carbocycles. The van der Waals surface area contributed by atoms with Gasteiger partial charge in [0.05, 0.1) is 17.2 Å². The summed E-state index contributed by atoms with van der Waals surface area (Å²) in [5, 5.41) is 12.6. The summed E-state index contributed by atoms with van der Waals surface area (Å²) in [4.78, 5) is 15.9. The summed E-state index contributed by atoms with van der Waals surface area (Å²) in [6.07, 6.45) is 0. The van der Waals surface area contributed by atoms with Crippen molar-refractivity contribution in [1.29, 1.82) is 0 Å². The second-order valence-corrected chi connectivity index (χ2v) is 5.31. The Morgan fingerprint density at radius 3 is 2.48 bits per heavy atom. The van der Waals surface area contributed by atoms with Crippen LogP contribution in [0.3, 0.4) is 0 Å². The number of carbonyl (C=O) groups excluding carboxylic acids is 1. The second kappa shape index (κ2) is 5.19. The van der Waals surface area contributed by atoms with Crippen molar-refractivity contribution in [1.82, 2.24) is 4.98 Å². The lowest BCUT2D eigenvalue weighted by Gasteiger charge is -2.11. The Morgan fingerprint density at radius 1 is 1.10 bits per heavy atom. The van der Waals surface area contributed by atoms with Crippen LogP contribution in [-0.2, 0) is 0 Å². The molecule has 0 fully saturated rings. The maximum atomic E-state index is 11.4. The number of pyridine rings is 1. The molecular weight excluding hydrogens is 286 g/mol. The SMILES string of the molecule is Cc1ccc2nc(-c3ccc(Cl)cc3)cc(C(=O)[O-])c2c1. The highest BCUT2D eigenvalue weighted by atomic mass is 35.5. The van der Waals surface area contributed by atoms with Crippen LogP contribution >= 0.6 is 11.6 Å². The Morgan fingerprint density at radius 2 is 1.81 bits per heavy atom. The molecule has 104 valence electrons. The molecule has 0 aliphatic heterocycles. The molecule has 1 aromatic heterocycles. The quantitative estimate of drug-likeness (QED) is 0.729. The molecule has 0 aliphatic rings. The second-order valence-electron chi connectivity index (χ2n) is 4.87. The molecule has 0 atom stereocenters. The maximum Gasteiger partial charge on any atom is 0.0722 e. The number of nitrogens with zero attached hydrogens (tertiary/aromatic N) is 1. The van der Waals surface area contributed by atoms with Crippen LogP contribution in [0.4, 0.5) is 0 Å². The van der Waals surface area contributed by atoms with Crippen molar-refractivity contribution in [2.45, 2.75) is 6.92 Å². The van der Waals surface area contributed by atoms with Gasteiger partial charge in [-0.25, -0.2) is 4.98 Å². The summed E-state index contributed by atoms with van der Waals surface area (Å²) in [6.45, 7) is 1.91. The van der Waals surface area contributed by atoms with E-state index < -0.39 is 5.97 Å². The van der Waals surface area contributed by atoms with Crippen molar-refractivity contribution in [3.05, 3.63) is 64.7 Å². The first-order valence-corrected chi connectivity index (χ1v) is 6.81. The predicted molar refractivity (Wildman–Crippen MR) is 81.3 cm³/mol. The number of benzene rings is 2. The zero-order valence-electron chi connectivity index (χ0n) is 11.3. The van der Waals surface area contributed by atoms with E-state index in [0.29, 0.717) is 21.6 Å². The number of halogens is 1. The van der Waals surface area contributed by atoms with E-state index in [2.05, 4.69) is 4.98 Å². The lowest BCUT2D eigenvalue weighted by Crippen LogP contribution is -2.22. The zero-order valence-corrected chi connectivity index (χ0v) is 12.0. The number of rotatable bonds is 2. The van der Waals surface area contributed by atoms with Gasteiger partial charge in [-0.3, -0.25) is 0 Å². The normalized spacial score (nSPS) is 10.8. The van der Waals surface area contributed by atoms with Gasteiger partial charge in [0.2, 0.25) is 0 Å². The molecule has 0 amide bonds. The van der Waals surface area contributed by atoms with Gasteiger partial charge in [0.15, 0.2) is 0 Å². The van der Waals surface area contributed by atoms with Gasteiger partial charge in [-0.1, -0.05) is 35.4 Å². The summed E-state index contributed by atoms with van der Waals surface area (Å²) in [5.74, 6) is -1.21. The molecule has 1 heterocycles. The molecule has 0 unspecified atom stereocenters. The van der Waals surface area contributed by atoms with E-state index in [1.165, 1.54) is 0 Å². The summed E-state index contributed by atoms with van der Waals surface area (Å²) in [6, 6.07) is 14.2. The van der Waals surface area contributed by atoms with Crippen LogP contribution in [0.25, 0.3) is 22.2 Å². The largest absolute Gasteiger partial charge is 0.545 e. The minimum atomic E-state index is -1.21. The van der Waals surface area contributed by atoms with Gasteiger partial charge in [-0.05, 0) is 37.3 Å². The number of hydrogen-bond acceptors (Lipinski definition) is 3. The monoisotopic (exact) mass is 296 g/mol. The highest BCUT2D eigenvalue weighted by Crippen LogP contribution is 2.26. The third-order valence-corrected chi connectivity index (χ3v) is 3.58. The van der Waals surface area contributed by atoms with Crippen LogP contribution < -0.4 is 5.11 Å². The fraction of sp³-hybridized carbons (Fsp3) is 0.0588. The van der Waals surface area contributed by atoms with Crippen molar-refractivity contribution >= 4 is 28.5 Å². The van der Waals surface area contributed by atoms with E-state index in [1.807, 2.05) is 31.2 Å². The van der Waals surface area contributed by atoms with E-state index in [9.17, 15) is 9.90 Å². The number of aromatic nitrogens is 1. The van der Waals surface area contributed by atoms with Crippen molar-refractivity contribution in [2.24, 2.45) is 0 Å². The number of aromatic carboxylic acids is 1. The van der Waals surface area contributed by atoms with Crippen LogP contribution in [0.5, 0.6) is 0 Å². The molecular formula is C17H11ClNO2-. The highest BCUT2D eigenvalue weighted by molar-refractivity contribution is 6.30. The average Bonchev–Trinajstić information content (AvgIpc) is 2.46. The number of hydrogen-bond donors (Lipinski definition) is 0. The minimum Gasteiger partial charge on any atom is -0.545 e. The average molecular weight is 297 g/mol. The van der Waals surface area contributed by atoms with Gasteiger partial charge in [-0.2, -0.15) is 0 Å². The first-order chi connectivity index (χ1) is 10.0. The maximum absolute atomic E-state index is 11.4. The van der Waals surface area contributed by atoms with E-state index in [1.54, 1.807) is 24.3 Å². The first-order valence-electron chi connectivity index (χ1n) is 6.43. The van der Waals surface area contributed by atoms with E-state index >= 15 is 0 Å². The van der Waals surface area contributed by atoms with Crippen molar-refractivity contribution < 1.29 is 9.90 Å². The van der Waals surface area contributed by atoms with Crippen LogP contribution in [0.15, 0.2) is 48.5 Å². The third kappa shape index (κ3) is 2.60. The van der Waals surface area contributed by atoms with E-state index in [4.69, 9.17) is 11.6 Å². The number of carboxylic acids is 1. The minimum absolute atomic E-state index is 0.147. The molecule has 0 N–H and O–H groups in total. The number of carboxylic acid groups (broad SMARTS) is 1. The van der Waals surface area contributed by atoms with Crippen molar-refractivity contribution in [3.63, 3.8) is 0 Å². The molecule has 4 heteroatoms. The molecule has 0 bridgehead atoms. The lowest BCUT2D eigenvalue weighted by molar-refractivity contribution is -0.254. The third-order valence-electron chi connectivity index (χ3n) is 3.32. The molecule has 0 saturated carbocycles. The van der Waals surface area contributed by atoms with Gasteiger partial charge in [-0.15, -0.1) is 0 Å². The van der Waals surface area contributed by atoms with E-state index in [0.717, 1.165) is 11.1 Å². The smallest absolute Gasteiger partial charge is 0.0722 e. The Labute approximate surface area is 126 Å². The van der Waals surface area contributed by atoms with Gasteiger partial charge in [0.1, 0.15) is 0 Å². The molecule has 0 radical (unpaired) electrons. The Hall–Kier alpha value is -2.39. The van der Waals surface area contributed by atoms with Gasteiger partial charge >= 0.3 is 0 Å². The molecule has 0 spiro atoms. The Bertz CT molecular complexity index is 841. The molecule has 3 rings (SSSR count). The molecule has 0 saturated heterocycles. The molecule has 3 nitrogen and oxygen atoms in total. The van der Waals surface area contributed by atoms with Crippen molar-refractivity contribution in [3.8, 4) is 11.3 Å². The van der Waals surface area contributed by atoms with Gasteiger partial charge in [0.25, 0.3) is 0 Å². The summed E-state index contributed by atoms with van der Waals surface area (Å²) in [7, 11) is 0. The number of carbonyl (C=O) groups is 1. The first kappa shape index (κ1) is 13.6. The summed E-state index contributed by atoms with van der Waals surface area (Å²) in [5.41, 5.74) is 3.15. The van der Waals surface area contributed by atoms with Crippen LogP contribution in [0.1, 0.15) is 15.9 Å². The Kier molecular flexibility index (Phi) is 3.35. The Balaban J connectivity index is 2.28. The van der Waals surface area contributed by atoms with Crippen LogP contribution in [-0.4, -0.2) is 11.0 Å². The molecule has 3 aromatic rings. The fourth-order valence-electron chi connectivity index (χ4n) is 2.28. The zero-order chi connectivity index (χ0) is 15.0. The number of aryl methyl sites for hydroxylation is 1. The van der Waals surface area contributed by atoms with Crippen LogP contribution in [0, 0.1) is 6.92 Å². The van der Waals surface area contributed by atoms with Gasteiger partial charge in [0, 0.05) is 21.5 Å². The predicted octanol–water partition coefficient (Wildman–Crippen LogP) is 3.23. The highest BCUT2D eigenvalue weighted by Gasteiger charge is 2.09. The number of fused-ring (bicyclic) bond motifs is 1. The van der Waals surface area contributed by atoms with Gasteiger partial charge < -0.3 is 9.90 Å².